The topological polar surface area (TPSA) is 73.9 Å². The molecule has 1 unspecified atom stereocenters. The Morgan fingerprint density at radius 2 is 1.97 bits per heavy atom. The minimum absolute atomic E-state index is 0.264. The molecule has 2 saturated heterocycles. The molecule has 1 atom stereocenters. The Morgan fingerprint density at radius 3 is 2.63 bits per heavy atom. The predicted octanol–water partition coefficient (Wildman–Crippen LogP) is 2.87. The van der Waals surface area contributed by atoms with Gasteiger partial charge in [0.15, 0.2) is 0 Å². The molecule has 0 saturated carbocycles. The van der Waals surface area contributed by atoms with Crippen LogP contribution in [0, 0.1) is 0 Å². The van der Waals surface area contributed by atoms with Crippen molar-refractivity contribution < 1.29 is 14.3 Å². The van der Waals surface area contributed by atoms with Gasteiger partial charge in [0, 0.05) is 36.3 Å². The van der Waals surface area contributed by atoms with Crippen molar-refractivity contribution in [1.29, 1.82) is 0 Å². The van der Waals surface area contributed by atoms with Crippen molar-refractivity contribution >= 4 is 23.3 Å². The Kier molecular flexibility index (Phi) is 7.07. The normalized spacial score (nSPS) is 24.4. The average Bonchev–Trinajstić information content (AvgIpc) is 3.29. The molecule has 0 aromatic carbocycles. The summed E-state index contributed by atoms with van der Waals surface area (Å²) in [6.45, 7) is 7.10. The molecule has 0 radical (unpaired) electrons. The van der Waals surface area contributed by atoms with E-state index < -0.39 is 6.04 Å². The highest BCUT2D eigenvalue weighted by molar-refractivity contribution is 7.10. The zero-order chi connectivity index (χ0) is 20.9. The Morgan fingerprint density at radius 1 is 1.20 bits per heavy atom. The van der Waals surface area contributed by atoms with Crippen LogP contribution in [0.4, 0.5) is 4.79 Å². The van der Waals surface area contributed by atoms with E-state index in [1.54, 1.807) is 6.92 Å². The van der Waals surface area contributed by atoms with E-state index in [2.05, 4.69) is 20.4 Å². The summed E-state index contributed by atoms with van der Waals surface area (Å²) in [6.07, 6.45) is 6.28. The number of nitrogens with one attached hydrogen (secondary N) is 2. The molecule has 2 amide bonds. The molecule has 4 heterocycles. The molecule has 1 aromatic heterocycles. The summed E-state index contributed by atoms with van der Waals surface area (Å²) in [5, 5.41) is 7.76. The lowest BCUT2D eigenvalue weighted by Gasteiger charge is -2.41. The third-order valence-electron chi connectivity index (χ3n) is 6.32. The number of hydrogen-bond acceptors (Lipinski definition) is 6. The van der Waals surface area contributed by atoms with Gasteiger partial charge in [0.05, 0.1) is 18.2 Å². The number of piperidine rings is 2. The Labute approximate surface area is 182 Å². The van der Waals surface area contributed by atoms with Crippen LogP contribution < -0.4 is 10.6 Å². The zero-order valence-corrected chi connectivity index (χ0v) is 18.5. The van der Waals surface area contributed by atoms with E-state index in [1.165, 1.54) is 43.7 Å². The highest BCUT2D eigenvalue weighted by Gasteiger charge is 2.35. The van der Waals surface area contributed by atoms with Crippen LogP contribution in [-0.2, 0) is 9.53 Å². The monoisotopic (exact) mass is 432 g/mol. The van der Waals surface area contributed by atoms with Gasteiger partial charge < -0.3 is 20.3 Å². The fourth-order valence-corrected chi connectivity index (χ4v) is 5.60. The van der Waals surface area contributed by atoms with Crippen molar-refractivity contribution in [2.45, 2.75) is 51.1 Å². The molecule has 7 nitrogen and oxygen atoms in total. The standard InChI is InChI=1S/C22H32N4O3S/c1-2-29-21(27)19-17(23-22(28)24-20(19)18-7-6-14-30-18)15-25-12-8-16(9-13-25)26-10-4-3-5-11-26/h6-7,14,16,20H,2-5,8-13,15H2,1H3,(H2,23,24,28). The number of carbonyl (C=O) groups is 2. The van der Waals surface area contributed by atoms with Crippen LogP contribution >= 0.6 is 11.3 Å². The summed E-state index contributed by atoms with van der Waals surface area (Å²) in [5.41, 5.74) is 1.20. The number of urea groups is 1. The van der Waals surface area contributed by atoms with Crippen molar-refractivity contribution in [2.24, 2.45) is 0 Å². The number of nitrogens with zero attached hydrogens (tertiary/aromatic N) is 2. The smallest absolute Gasteiger partial charge is 0.338 e. The lowest BCUT2D eigenvalue weighted by atomic mass is 9.98. The van der Waals surface area contributed by atoms with Crippen molar-refractivity contribution in [1.82, 2.24) is 20.4 Å². The van der Waals surface area contributed by atoms with Crippen LogP contribution in [0.1, 0.15) is 49.9 Å². The number of likely N-dealkylation sites (tertiary alicyclic amines) is 2. The summed E-state index contributed by atoms with van der Waals surface area (Å²) in [7, 11) is 0. The predicted molar refractivity (Wildman–Crippen MR) is 117 cm³/mol. The lowest BCUT2D eigenvalue weighted by molar-refractivity contribution is -0.139. The fourth-order valence-electron chi connectivity index (χ4n) is 4.81. The molecular formula is C22H32N4O3S. The van der Waals surface area contributed by atoms with Gasteiger partial charge in [-0.05, 0) is 57.1 Å². The first-order valence-corrected chi connectivity index (χ1v) is 12.0. The largest absolute Gasteiger partial charge is 0.463 e. The number of rotatable bonds is 6. The number of esters is 1. The zero-order valence-electron chi connectivity index (χ0n) is 17.7. The second kappa shape index (κ2) is 9.94. The van der Waals surface area contributed by atoms with Gasteiger partial charge in [0.25, 0.3) is 0 Å². The van der Waals surface area contributed by atoms with Crippen LogP contribution in [0.2, 0.25) is 0 Å². The highest BCUT2D eigenvalue weighted by Crippen LogP contribution is 2.31. The molecule has 2 fully saturated rings. The Hall–Kier alpha value is -1.90. The number of thiophene rings is 1. The summed E-state index contributed by atoms with van der Waals surface area (Å²) in [4.78, 5) is 31.2. The van der Waals surface area contributed by atoms with E-state index in [4.69, 9.17) is 4.74 Å². The van der Waals surface area contributed by atoms with Crippen LogP contribution in [0.15, 0.2) is 28.8 Å². The van der Waals surface area contributed by atoms with Crippen LogP contribution in [0.5, 0.6) is 0 Å². The van der Waals surface area contributed by atoms with Gasteiger partial charge in [-0.1, -0.05) is 12.5 Å². The summed E-state index contributed by atoms with van der Waals surface area (Å²) < 4.78 is 5.35. The second-order valence-corrected chi connectivity index (χ2v) is 9.24. The number of carbonyl (C=O) groups excluding carboxylic acids is 2. The van der Waals surface area contributed by atoms with E-state index >= 15 is 0 Å². The van der Waals surface area contributed by atoms with Crippen molar-refractivity contribution in [2.75, 3.05) is 39.3 Å². The third kappa shape index (κ3) is 4.87. The Balaban J connectivity index is 1.48. The van der Waals surface area contributed by atoms with Gasteiger partial charge in [-0.2, -0.15) is 0 Å². The average molecular weight is 433 g/mol. The molecule has 4 rings (SSSR count). The molecule has 2 N–H and O–H groups in total. The maximum atomic E-state index is 12.8. The summed E-state index contributed by atoms with van der Waals surface area (Å²) in [6, 6.07) is 3.82. The number of amides is 2. The fraction of sp³-hybridized carbons (Fsp3) is 0.636. The maximum Gasteiger partial charge on any atom is 0.338 e. The molecule has 164 valence electrons. The molecule has 0 aliphatic carbocycles. The van der Waals surface area contributed by atoms with Crippen LogP contribution in [-0.4, -0.2) is 67.2 Å². The summed E-state index contributed by atoms with van der Waals surface area (Å²) in [5.74, 6) is -0.360. The molecule has 0 bridgehead atoms. The molecule has 1 aromatic rings. The molecule has 30 heavy (non-hydrogen) atoms. The van der Waals surface area contributed by atoms with Gasteiger partial charge >= 0.3 is 12.0 Å². The van der Waals surface area contributed by atoms with Crippen molar-refractivity contribution in [3.63, 3.8) is 0 Å². The first-order chi connectivity index (χ1) is 14.7. The molecule has 3 aliphatic rings. The van der Waals surface area contributed by atoms with E-state index in [9.17, 15) is 9.59 Å². The maximum absolute atomic E-state index is 12.8. The minimum Gasteiger partial charge on any atom is -0.463 e. The third-order valence-corrected chi connectivity index (χ3v) is 7.26. The van der Waals surface area contributed by atoms with Crippen molar-refractivity contribution in [3.8, 4) is 0 Å². The highest BCUT2D eigenvalue weighted by atomic mass is 32.1. The Bertz CT molecular complexity index is 765. The molecular weight excluding hydrogens is 400 g/mol. The van der Waals surface area contributed by atoms with Gasteiger partial charge in [0.1, 0.15) is 0 Å². The number of ether oxygens (including phenoxy) is 1. The van der Waals surface area contributed by atoms with Gasteiger partial charge in [-0.15, -0.1) is 11.3 Å². The molecule has 3 aliphatic heterocycles. The van der Waals surface area contributed by atoms with Crippen LogP contribution in [0.3, 0.4) is 0 Å². The van der Waals surface area contributed by atoms with Gasteiger partial charge in [-0.25, -0.2) is 9.59 Å². The first-order valence-electron chi connectivity index (χ1n) is 11.1. The summed E-state index contributed by atoms with van der Waals surface area (Å²) >= 11 is 1.53. The first kappa shape index (κ1) is 21.3. The SMILES string of the molecule is CCOC(=O)C1=C(CN2CCC(N3CCCCC3)CC2)NC(=O)NC1c1cccs1. The van der Waals surface area contributed by atoms with E-state index in [-0.39, 0.29) is 12.0 Å². The van der Waals surface area contributed by atoms with Crippen LogP contribution in [0.25, 0.3) is 0 Å². The number of hydrogen-bond donors (Lipinski definition) is 2. The molecule has 0 spiro atoms. The minimum atomic E-state index is -0.460. The lowest BCUT2D eigenvalue weighted by Crippen LogP contribution is -2.51. The molecule has 8 heteroatoms. The van der Waals surface area contributed by atoms with E-state index in [0.717, 1.165) is 30.8 Å². The van der Waals surface area contributed by atoms with Gasteiger partial charge in [-0.3, -0.25) is 4.90 Å². The van der Waals surface area contributed by atoms with Crippen molar-refractivity contribution in [3.05, 3.63) is 33.7 Å². The van der Waals surface area contributed by atoms with E-state index in [0.29, 0.717) is 30.5 Å². The van der Waals surface area contributed by atoms with E-state index in [1.807, 2.05) is 17.5 Å². The van der Waals surface area contributed by atoms with Gasteiger partial charge in [0.2, 0.25) is 0 Å². The second-order valence-electron chi connectivity index (χ2n) is 8.26. The quantitative estimate of drug-likeness (QED) is 0.676.